The molecule has 0 saturated carbocycles. The molecule has 3 N–H and O–H groups in total. The van der Waals surface area contributed by atoms with Crippen LogP contribution in [-0.2, 0) is 16.6 Å². The lowest BCUT2D eigenvalue weighted by Gasteiger charge is -2.19. The Morgan fingerprint density at radius 3 is 2.50 bits per heavy atom. The Labute approximate surface area is 155 Å². The van der Waals surface area contributed by atoms with E-state index in [9.17, 15) is 4.79 Å². The van der Waals surface area contributed by atoms with Gasteiger partial charge < -0.3 is 15.6 Å². The van der Waals surface area contributed by atoms with E-state index in [4.69, 9.17) is 0 Å². The van der Waals surface area contributed by atoms with Crippen molar-refractivity contribution in [3.8, 4) is 0 Å². The predicted molar refractivity (Wildman–Crippen MR) is 109 cm³/mol. The number of nitrogens with one attached hydrogen (secondary N) is 3. The van der Waals surface area contributed by atoms with Gasteiger partial charge in [0.15, 0.2) is 0 Å². The number of hydrogen-bond donors (Lipinski definition) is 3. The zero-order valence-electron chi connectivity index (χ0n) is 15.7. The first-order valence-corrected chi connectivity index (χ1v) is 9.09. The molecule has 0 saturated heterocycles. The molecule has 3 rings (SSSR count). The van der Waals surface area contributed by atoms with Gasteiger partial charge in [-0.1, -0.05) is 51.1 Å². The van der Waals surface area contributed by atoms with E-state index < -0.39 is 0 Å². The summed E-state index contributed by atoms with van der Waals surface area (Å²) in [5.41, 5.74) is 4.75. The van der Waals surface area contributed by atoms with Gasteiger partial charge in [-0.2, -0.15) is 0 Å². The number of anilines is 1. The molecule has 0 aliphatic rings. The van der Waals surface area contributed by atoms with Crippen LogP contribution in [0.15, 0.2) is 54.7 Å². The van der Waals surface area contributed by atoms with Gasteiger partial charge in [0.1, 0.15) is 0 Å². The monoisotopic (exact) mass is 349 g/mol. The van der Waals surface area contributed by atoms with Crippen LogP contribution in [0.2, 0.25) is 0 Å². The second-order valence-corrected chi connectivity index (χ2v) is 7.64. The third-order valence-corrected chi connectivity index (χ3v) is 4.60. The summed E-state index contributed by atoms with van der Waals surface area (Å²) in [6, 6.07) is 16.5. The van der Waals surface area contributed by atoms with Crippen molar-refractivity contribution in [1.29, 1.82) is 0 Å². The van der Waals surface area contributed by atoms with Crippen molar-refractivity contribution in [2.24, 2.45) is 0 Å². The van der Waals surface area contributed by atoms with Crippen molar-refractivity contribution >= 4 is 22.5 Å². The van der Waals surface area contributed by atoms with Gasteiger partial charge in [0.05, 0.1) is 6.54 Å². The van der Waals surface area contributed by atoms with E-state index in [0.29, 0.717) is 6.54 Å². The highest BCUT2D eigenvalue weighted by atomic mass is 16.1. The second-order valence-electron chi connectivity index (χ2n) is 7.64. The van der Waals surface area contributed by atoms with E-state index in [1.165, 1.54) is 16.5 Å². The molecule has 1 heterocycles. The largest absolute Gasteiger partial charge is 0.376 e. The fraction of sp³-hybridized carbons (Fsp3) is 0.318. The van der Waals surface area contributed by atoms with E-state index in [1.54, 1.807) is 0 Å². The Bertz CT molecular complexity index is 872. The molecule has 4 heteroatoms. The Morgan fingerprint density at radius 1 is 1.04 bits per heavy atom. The summed E-state index contributed by atoms with van der Waals surface area (Å²) < 4.78 is 0. The molecule has 2 aromatic carbocycles. The van der Waals surface area contributed by atoms with Crippen molar-refractivity contribution in [3.05, 3.63) is 65.9 Å². The Balaban J connectivity index is 1.44. The molecule has 1 aromatic heterocycles. The molecule has 3 aromatic rings. The third kappa shape index (κ3) is 4.45. The van der Waals surface area contributed by atoms with Gasteiger partial charge in [-0.3, -0.25) is 4.79 Å². The number of carbonyl (C=O) groups is 1. The van der Waals surface area contributed by atoms with Crippen LogP contribution in [0.4, 0.5) is 5.69 Å². The molecular weight excluding hydrogens is 322 g/mol. The van der Waals surface area contributed by atoms with Crippen LogP contribution in [0.3, 0.4) is 0 Å². The number of hydrogen-bond acceptors (Lipinski definition) is 2. The highest BCUT2D eigenvalue weighted by Crippen LogP contribution is 2.23. The van der Waals surface area contributed by atoms with E-state index >= 15 is 0 Å². The molecule has 0 radical (unpaired) electrons. The number of amides is 1. The average molecular weight is 349 g/mol. The Kier molecular flexibility index (Phi) is 5.31. The van der Waals surface area contributed by atoms with Gasteiger partial charge in [-0.15, -0.1) is 0 Å². The van der Waals surface area contributed by atoms with Crippen molar-refractivity contribution in [3.63, 3.8) is 0 Å². The molecule has 136 valence electrons. The lowest BCUT2D eigenvalue weighted by molar-refractivity contribution is -0.119. The van der Waals surface area contributed by atoms with Gasteiger partial charge >= 0.3 is 0 Å². The summed E-state index contributed by atoms with van der Waals surface area (Å²) in [5, 5.41) is 7.38. The maximum atomic E-state index is 12.1. The van der Waals surface area contributed by atoms with E-state index in [2.05, 4.69) is 60.7 Å². The topological polar surface area (TPSA) is 56.9 Å². The molecule has 0 spiro atoms. The maximum absolute atomic E-state index is 12.1. The number of H-pyrrole nitrogens is 1. The van der Waals surface area contributed by atoms with E-state index in [-0.39, 0.29) is 17.9 Å². The first kappa shape index (κ1) is 18.1. The van der Waals surface area contributed by atoms with Crippen molar-refractivity contribution in [2.45, 2.75) is 32.6 Å². The molecule has 0 fully saturated rings. The van der Waals surface area contributed by atoms with Crippen LogP contribution in [0.1, 0.15) is 31.9 Å². The van der Waals surface area contributed by atoms with Crippen molar-refractivity contribution < 1.29 is 4.79 Å². The summed E-state index contributed by atoms with van der Waals surface area (Å²) in [4.78, 5) is 15.3. The molecule has 26 heavy (non-hydrogen) atoms. The maximum Gasteiger partial charge on any atom is 0.239 e. The number of aromatic nitrogens is 1. The summed E-state index contributed by atoms with van der Waals surface area (Å²) in [7, 11) is 0. The highest BCUT2D eigenvalue weighted by molar-refractivity contribution is 5.83. The van der Waals surface area contributed by atoms with Gasteiger partial charge in [0.2, 0.25) is 5.91 Å². The molecule has 0 bridgehead atoms. The summed E-state index contributed by atoms with van der Waals surface area (Å²) >= 11 is 0. The third-order valence-electron chi connectivity index (χ3n) is 4.60. The predicted octanol–water partition coefficient (Wildman–Crippen LogP) is 4.24. The van der Waals surface area contributed by atoms with Crippen molar-refractivity contribution in [1.82, 2.24) is 10.3 Å². The standard InChI is InChI=1S/C22H27N3O/c1-22(2,3)17-8-10-18(11-9-17)24-15-21(26)23-13-12-16-14-25-20-7-5-4-6-19(16)20/h4-11,14,24-25H,12-13,15H2,1-3H3,(H,23,26). The number of fused-ring (bicyclic) bond motifs is 1. The first-order valence-electron chi connectivity index (χ1n) is 9.09. The minimum atomic E-state index is 0.00439. The normalized spacial score (nSPS) is 11.5. The van der Waals surface area contributed by atoms with E-state index in [1.807, 2.05) is 30.5 Å². The van der Waals surface area contributed by atoms with Crippen LogP contribution >= 0.6 is 0 Å². The number of carbonyl (C=O) groups excluding carboxylic acids is 1. The SMILES string of the molecule is CC(C)(C)c1ccc(NCC(=O)NCCc2c[nH]c3ccccc23)cc1. The van der Waals surface area contributed by atoms with Gasteiger partial charge in [0.25, 0.3) is 0 Å². The quantitative estimate of drug-likeness (QED) is 0.623. The molecule has 0 aliphatic carbocycles. The fourth-order valence-corrected chi connectivity index (χ4v) is 3.01. The fourth-order valence-electron chi connectivity index (χ4n) is 3.01. The zero-order chi connectivity index (χ0) is 18.6. The smallest absolute Gasteiger partial charge is 0.239 e. The van der Waals surface area contributed by atoms with Gasteiger partial charge in [-0.05, 0) is 41.2 Å². The van der Waals surface area contributed by atoms with Crippen LogP contribution in [-0.4, -0.2) is 24.0 Å². The van der Waals surface area contributed by atoms with E-state index in [0.717, 1.165) is 17.6 Å². The highest BCUT2D eigenvalue weighted by Gasteiger charge is 2.12. The van der Waals surface area contributed by atoms with Crippen LogP contribution in [0, 0.1) is 0 Å². The van der Waals surface area contributed by atoms with Gasteiger partial charge in [0, 0.05) is 29.3 Å². The van der Waals surface area contributed by atoms with Crippen LogP contribution < -0.4 is 10.6 Å². The molecular formula is C22H27N3O. The second kappa shape index (κ2) is 7.65. The molecule has 1 amide bonds. The summed E-state index contributed by atoms with van der Waals surface area (Å²) in [6.07, 6.45) is 2.84. The average Bonchev–Trinajstić information content (AvgIpc) is 3.03. The molecule has 0 aliphatic heterocycles. The number of benzene rings is 2. The number of rotatable bonds is 6. The zero-order valence-corrected chi connectivity index (χ0v) is 15.7. The minimum absolute atomic E-state index is 0.00439. The van der Waals surface area contributed by atoms with Crippen LogP contribution in [0.25, 0.3) is 10.9 Å². The van der Waals surface area contributed by atoms with Crippen LogP contribution in [0.5, 0.6) is 0 Å². The Hall–Kier alpha value is -2.75. The first-order chi connectivity index (χ1) is 12.4. The van der Waals surface area contributed by atoms with Crippen molar-refractivity contribution in [2.75, 3.05) is 18.4 Å². The lowest BCUT2D eigenvalue weighted by Crippen LogP contribution is -2.31. The summed E-state index contributed by atoms with van der Waals surface area (Å²) in [6.45, 7) is 7.48. The minimum Gasteiger partial charge on any atom is -0.376 e. The summed E-state index contributed by atoms with van der Waals surface area (Å²) in [5.74, 6) is 0.00439. The Morgan fingerprint density at radius 2 is 1.77 bits per heavy atom. The number of para-hydroxylation sites is 1. The molecule has 4 nitrogen and oxygen atoms in total. The van der Waals surface area contributed by atoms with Gasteiger partial charge in [-0.25, -0.2) is 0 Å². The molecule has 0 atom stereocenters. The number of aromatic amines is 1. The molecule has 0 unspecified atom stereocenters. The lowest BCUT2D eigenvalue weighted by atomic mass is 9.87.